The zero-order valence-electron chi connectivity index (χ0n) is 19.3. The van der Waals surface area contributed by atoms with Gasteiger partial charge in [-0.1, -0.05) is 33.8 Å². The Kier molecular flexibility index (Phi) is 8.29. The zero-order valence-corrected chi connectivity index (χ0v) is 20.2. The summed E-state index contributed by atoms with van der Waals surface area (Å²) < 4.78 is 19.5. The Labute approximate surface area is 194 Å². The van der Waals surface area contributed by atoms with Gasteiger partial charge < -0.3 is 14.5 Å². The molecule has 5 nitrogen and oxygen atoms in total. The maximum atomic E-state index is 13.6. The smallest absolute Gasteiger partial charge is 0.242 e. The fraction of sp³-hybridized carbons (Fsp3) is 0.520. The highest BCUT2D eigenvalue weighted by Crippen LogP contribution is 2.34. The first-order chi connectivity index (χ1) is 15.2. The Morgan fingerprint density at radius 2 is 2.00 bits per heavy atom. The molecule has 1 aromatic heterocycles. The highest BCUT2D eigenvalue weighted by Gasteiger charge is 2.33. The van der Waals surface area contributed by atoms with Crippen LogP contribution in [0.3, 0.4) is 0 Å². The van der Waals surface area contributed by atoms with Gasteiger partial charge in [0.25, 0.3) is 0 Å². The molecule has 0 fully saturated rings. The minimum atomic E-state index is -0.358. The minimum Gasteiger partial charge on any atom is -0.491 e. The third-order valence-corrected chi connectivity index (χ3v) is 6.46. The van der Waals surface area contributed by atoms with Crippen molar-refractivity contribution in [1.29, 1.82) is 0 Å². The average Bonchev–Trinajstić information content (AvgIpc) is 3.19. The number of benzene rings is 1. The van der Waals surface area contributed by atoms with Gasteiger partial charge in [-0.05, 0) is 47.4 Å². The highest BCUT2D eigenvalue weighted by molar-refractivity contribution is 7.10. The van der Waals surface area contributed by atoms with Gasteiger partial charge in [-0.2, -0.15) is 0 Å². The van der Waals surface area contributed by atoms with Crippen LogP contribution in [-0.4, -0.2) is 47.9 Å². The molecule has 0 radical (unpaired) electrons. The fourth-order valence-corrected chi connectivity index (χ4v) is 4.96. The number of hydrogen-bond acceptors (Lipinski definition) is 4. The highest BCUT2D eigenvalue weighted by atomic mass is 32.1. The largest absolute Gasteiger partial charge is 0.491 e. The lowest BCUT2D eigenvalue weighted by Gasteiger charge is -2.37. The fourth-order valence-electron chi connectivity index (χ4n) is 4.03. The molecule has 32 heavy (non-hydrogen) atoms. The number of fused-ring (bicyclic) bond motifs is 1. The van der Waals surface area contributed by atoms with Crippen LogP contribution in [0.1, 0.15) is 50.6 Å². The first-order valence-corrected chi connectivity index (χ1v) is 12.1. The topological polar surface area (TPSA) is 49.9 Å². The molecule has 174 valence electrons. The standard InChI is InChI=1S/C25H33FN2O3S/c1-17(2)12-24(29)27(14-18(3)4)15-25(30)28-10-8-23-21(9-11-32-23)22(28)16-31-20-7-5-6-19(26)13-20/h5-7,9,11,13,17-18,22H,8,10,12,14-16H2,1-4H3/t22-/m1/s1. The van der Waals surface area contributed by atoms with Crippen molar-refractivity contribution < 1.29 is 18.7 Å². The third kappa shape index (κ3) is 6.31. The molecule has 2 heterocycles. The maximum absolute atomic E-state index is 13.6. The molecular formula is C25H33FN2O3S. The van der Waals surface area contributed by atoms with Crippen molar-refractivity contribution in [3.8, 4) is 5.75 Å². The van der Waals surface area contributed by atoms with E-state index in [0.29, 0.717) is 25.3 Å². The first kappa shape index (κ1) is 24.2. The molecule has 2 amide bonds. The molecule has 1 atom stereocenters. The number of carbonyl (C=O) groups is 2. The Morgan fingerprint density at radius 1 is 1.22 bits per heavy atom. The maximum Gasteiger partial charge on any atom is 0.242 e. The predicted octanol–water partition coefficient (Wildman–Crippen LogP) is 4.92. The van der Waals surface area contributed by atoms with E-state index in [1.54, 1.807) is 28.4 Å². The molecule has 0 spiro atoms. The van der Waals surface area contributed by atoms with Crippen molar-refractivity contribution in [3.05, 3.63) is 52.0 Å². The number of rotatable bonds is 9. The molecule has 1 aromatic carbocycles. The molecule has 0 saturated carbocycles. The number of ether oxygens (including phenoxy) is 1. The van der Waals surface area contributed by atoms with E-state index in [9.17, 15) is 14.0 Å². The summed E-state index contributed by atoms with van der Waals surface area (Å²) in [6, 6.07) is 7.81. The molecule has 2 aromatic rings. The second kappa shape index (κ2) is 10.9. The molecule has 0 N–H and O–H groups in total. The Morgan fingerprint density at radius 3 is 2.69 bits per heavy atom. The van der Waals surface area contributed by atoms with Gasteiger partial charge in [0, 0.05) is 30.5 Å². The van der Waals surface area contributed by atoms with Crippen LogP contribution in [0.25, 0.3) is 0 Å². The zero-order chi connectivity index (χ0) is 23.3. The molecular weight excluding hydrogens is 427 g/mol. The molecule has 0 bridgehead atoms. The van der Waals surface area contributed by atoms with Crippen molar-refractivity contribution in [3.63, 3.8) is 0 Å². The van der Waals surface area contributed by atoms with E-state index in [-0.39, 0.29) is 48.7 Å². The molecule has 0 saturated heterocycles. The van der Waals surface area contributed by atoms with Crippen molar-refractivity contribution in [1.82, 2.24) is 9.80 Å². The monoisotopic (exact) mass is 460 g/mol. The number of halogens is 1. The lowest BCUT2D eigenvalue weighted by Crippen LogP contribution is -2.48. The van der Waals surface area contributed by atoms with Crippen LogP contribution in [0.2, 0.25) is 0 Å². The van der Waals surface area contributed by atoms with Gasteiger partial charge in [-0.15, -0.1) is 11.3 Å². The van der Waals surface area contributed by atoms with Crippen LogP contribution < -0.4 is 4.74 Å². The van der Waals surface area contributed by atoms with Crippen LogP contribution >= 0.6 is 11.3 Å². The second-order valence-electron chi connectivity index (χ2n) is 9.19. The van der Waals surface area contributed by atoms with E-state index in [4.69, 9.17) is 4.74 Å². The van der Waals surface area contributed by atoms with E-state index in [0.717, 1.165) is 12.0 Å². The summed E-state index contributed by atoms with van der Waals surface area (Å²) in [5.41, 5.74) is 1.08. The van der Waals surface area contributed by atoms with Gasteiger partial charge in [0.05, 0.1) is 12.6 Å². The van der Waals surface area contributed by atoms with Gasteiger partial charge in [0.2, 0.25) is 11.8 Å². The number of thiophene rings is 1. The lowest BCUT2D eigenvalue weighted by atomic mass is 10.00. The molecule has 0 unspecified atom stereocenters. The predicted molar refractivity (Wildman–Crippen MR) is 125 cm³/mol. The quantitative estimate of drug-likeness (QED) is 0.534. The van der Waals surface area contributed by atoms with Crippen LogP contribution in [0, 0.1) is 17.7 Å². The van der Waals surface area contributed by atoms with Crippen molar-refractivity contribution >= 4 is 23.2 Å². The SMILES string of the molecule is CC(C)CC(=O)N(CC(=O)N1CCc2sccc2[C@H]1COc1cccc(F)c1)CC(C)C. The van der Waals surface area contributed by atoms with Crippen LogP contribution in [-0.2, 0) is 16.0 Å². The van der Waals surface area contributed by atoms with Gasteiger partial charge in [0.15, 0.2) is 0 Å². The van der Waals surface area contributed by atoms with E-state index < -0.39 is 0 Å². The van der Waals surface area contributed by atoms with Gasteiger partial charge in [-0.25, -0.2) is 4.39 Å². The summed E-state index contributed by atoms with van der Waals surface area (Å²) in [6.07, 6.45) is 1.22. The number of amides is 2. The van der Waals surface area contributed by atoms with E-state index >= 15 is 0 Å². The third-order valence-electron chi connectivity index (χ3n) is 5.47. The van der Waals surface area contributed by atoms with Crippen molar-refractivity contribution in [2.24, 2.45) is 11.8 Å². The first-order valence-electron chi connectivity index (χ1n) is 11.3. The van der Waals surface area contributed by atoms with Crippen LogP contribution in [0.4, 0.5) is 4.39 Å². The average molecular weight is 461 g/mol. The molecule has 3 rings (SSSR count). The normalized spacial score (nSPS) is 15.7. The molecule has 1 aliphatic heterocycles. The van der Waals surface area contributed by atoms with E-state index in [2.05, 4.69) is 0 Å². The second-order valence-corrected chi connectivity index (χ2v) is 10.2. The summed E-state index contributed by atoms with van der Waals surface area (Å²) >= 11 is 1.68. The summed E-state index contributed by atoms with van der Waals surface area (Å²) in [5.74, 6) is 0.533. The van der Waals surface area contributed by atoms with Gasteiger partial charge >= 0.3 is 0 Å². The number of carbonyl (C=O) groups excluding carboxylic acids is 2. The van der Waals surface area contributed by atoms with Crippen molar-refractivity contribution in [2.75, 3.05) is 26.2 Å². The number of nitrogens with zero attached hydrogens (tertiary/aromatic N) is 2. The van der Waals surface area contributed by atoms with Crippen molar-refractivity contribution in [2.45, 2.75) is 46.6 Å². The molecule has 7 heteroatoms. The Balaban J connectivity index is 1.76. The Hall–Kier alpha value is -2.41. The lowest BCUT2D eigenvalue weighted by molar-refractivity contribution is -0.143. The molecule has 0 aliphatic carbocycles. The van der Waals surface area contributed by atoms with Crippen LogP contribution in [0.15, 0.2) is 35.7 Å². The van der Waals surface area contributed by atoms with E-state index in [1.807, 2.05) is 44.0 Å². The summed E-state index contributed by atoms with van der Waals surface area (Å²) in [6.45, 7) is 9.56. The van der Waals surface area contributed by atoms with E-state index in [1.165, 1.54) is 17.0 Å². The minimum absolute atomic E-state index is 0.0165. The van der Waals surface area contributed by atoms with Gasteiger partial charge in [-0.3, -0.25) is 9.59 Å². The Bertz CT molecular complexity index is 927. The number of hydrogen-bond donors (Lipinski definition) is 0. The summed E-state index contributed by atoms with van der Waals surface area (Å²) in [5, 5.41) is 2.03. The molecule has 1 aliphatic rings. The van der Waals surface area contributed by atoms with Crippen LogP contribution in [0.5, 0.6) is 5.75 Å². The summed E-state index contributed by atoms with van der Waals surface area (Å²) in [4.78, 5) is 31.0. The summed E-state index contributed by atoms with van der Waals surface area (Å²) in [7, 11) is 0. The van der Waals surface area contributed by atoms with Gasteiger partial charge in [0.1, 0.15) is 18.2 Å².